The lowest BCUT2D eigenvalue weighted by Gasteiger charge is -2.18. The van der Waals surface area contributed by atoms with E-state index < -0.39 is 0 Å². The zero-order valence-electron chi connectivity index (χ0n) is 12.1. The van der Waals surface area contributed by atoms with Crippen molar-refractivity contribution in [2.24, 2.45) is 0 Å². The summed E-state index contributed by atoms with van der Waals surface area (Å²) in [5.41, 5.74) is 0.917. The summed E-state index contributed by atoms with van der Waals surface area (Å²) in [6.45, 7) is 3.31. The number of aryl methyl sites for hydroxylation is 1. The first-order valence-electron chi connectivity index (χ1n) is 7.14. The number of amides is 1. The number of nitrogens with one attached hydrogen (secondary N) is 1. The maximum absolute atomic E-state index is 12.2. The van der Waals surface area contributed by atoms with Gasteiger partial charge in [-0.3, -0.25) is 9.59 Å². The zero-order chi connectivity index (χ0) is 14.5. The fourth-order valence-electron chi connectivity index (χ4n) is 2.53. The van der Waals surface area contributed by atoms with Gasteiger partial charge in [-0.25, -0.2) is 0 Å². The van der Waals surface area contributed by atoms with Crippen LogP contribution in [0.2, 0.25) is 0 Å². The summed E-state index contributed by atoms with van der Waals surface area (Å²) in [5.74, 6) is -0.141. The number of aromatic amines is 1. The van der Waals surface area contributed by atoms with Crippen LogP contribution in [0.3, 0.4) is 0 Å². The molecule has 1 aliphatic rings. The zero-order valence-corrected chi connectivity index (χ0v) is 12.1. The molecule has 2 rings (SSSR count). The van der Waals surface area contributed by atoms with Gasteiger partial charge >= 0.3 is 0 Å². The second-order valence-electron chi connectivity index (χ2n) is 5.42. The number of rotatable bonds is 5. The number of hydrogen-bond acceptors (Lipinski definition) is 3. The van der Waals surface area contributed by atoms with E-state index in [1.54, 1.807) is 18.9 Å². The van der Waals surface area contributed by atoms with Crippen LogP contribution in [0.5, 0.6) is 0 Å². The highest BCUT2D eigenvalue weighted by Crippen LogP contribution is 2.16. The molecule has 1 aliphatic heterocycles. The molecule has 0 spiro atoms. The molecule has 0 unspecified atom stereocenters. The van der Waals surface area contributed by atoms with E-state index in [4.69, 9.17) is 4.74 Å². The second-order valence-corrected chi connectivity index (χ2v) is 5.42. The van der Waals surface area contributed by atoms with E-state index in [1.165, 1.54) is 12.1 Å². The van der Waals surface area contributed by atoms with E-state index in [9.17, 15) is 9.59 Å². The topological polar surface area (TPSA) is 62.4 Å². The molecule has 5 nitrogen and oxygen atoms in total. The molecule has 0 aliphatic carbocycles. The summed E-state index contributed by atoms with van der Waals surface area (Å²) in [7, 11) is 1.76. The molecule has 110 valence electrons. The molecule has 1 fully saturated rings. The first kappa shape index (κ1) is 14.8. The number of ether oxygens (including phenoxy) is 1. The molecule has 20 heavy (non-hydrogen) atoms. The van der Waals surface area contributed by atoms with Crippen LogP contribution in [0.15, 0.2) is 16.9 Å². The lowest BCUT2D eigenvalue weighted by molar-refractivity contribution is 0.0757. The fourth-order valence-corrected chi connectivity index (χ4v) is 2.53. The van der Waals surface area contributed by atoms with Gasteiger partial charge in [-0.2, -0.15) is 0 Å². The Morgan fingerprint density at radius 3 is 2.95 bits per heavy atom. The highest BCUT2D eigenvalue weighted by molar-refractivity contribution is 5.92. The molecule has 0 bridgehead atoms. The van der Waals surface area contributed by atoms with E-state index in [0.29, 0.717) is 24.0 Å². The van der Waals surface area contributed by atoms with Crippen LogP contribution in [0.1, 0.15) is 41.9 Å². The molecule has 1 aromatic rings. The average molecular weight is 278 g/mol. The Labute approximate surface area is 118 Å². The van der Waals surface area contributed by atoms with Crippen LogP contribution < -0.4 is 5.43 Å². The number of pyridine rings is 1. The van der Waals surface area contributed by atoms with Gasteiger partial charge in [-0.05, 0) is 32.6 Å². The largest absolute Gasteiger partial charge is 0.378 e. The summed E-state index contributed by atoms with van der Waals surface area (Å²) >= 11 is 0. The van der Waals surface area contributed by atoms with Crippen molar-refractivity contribution >= 4 is 5.91 Å². The Hall–Kier alpha value is -1.62. The van der Waals surface area contributed by atoms with Crippen LogP contribution in [0, 0.1) is 6.92 Å². The van der Waals surface area contributed by atoms with Gasteiger partial charge < -0.3 is 14.6 Å². The third-order valence-electron chi connectivity index (χ3n) is 3.60. The molecular weight excluding hydrogens is 256 g/mol. The third kappa shape index (κ3) is 3.93. The minimum Gasteiger partial charge on any atom is -0.378 e. The summed E-state index contributed by atoms with van der Waals surface area (Å²) in [6.07, 6.45) is 4.54. The molecule has 1 saturated heterocycles. The van der Waals surface area contributed by atoms with Gasteiger partial charge in [0.25, 0.3) is 5.91 Å². The molecule has 0 aromatic carbocycles. The van der Waals surface area contributed by atoms with Crippen LogP contribution in [0.25, 0.3) is 0 Å². The van der Waals surface area contributed by atoms with E-state index >= 15 is 0 Å². The Bertz CT molecular complexity index is 518. The molecule has 1 N–H and O–H groups in total. The van der Waals surface area contributed by atoms with Crippen molar-refractivity contribution in [3.63, 3.8) is 0 Å². The maximum Gasteiger partial charge on any atom is 0.270 e. The quantitative estimate of drug-likeness (QED) is 0.892. The smallest absolute Gasteiger partial charge is 0.270 e. The van der Waals surface area contributed by atoms with Crippen LogP contribution >= 0.6 is 0 Å². The van der Waals surface area contributed by atoms with Crippen molar-refractivity contribution in [1.29, 1.82) is 0 Å². The van der Waals surface area contributed by atoms with Crippen molar-refractivity contribution in [3.8, 4) is 0 Å². The van der Waals surface area contributed by atoms with E-state index in [2.05, 4.69) is 4.98 Å². The first-order chi connectivity index (χ1) is 9.56. The maximum atomic E-state index is 12.2. The average Bonchev–Trinajstić information content (AvgIpc) is 2.89. The summed E-state index contributed by atoms with van der Waals surface area (Å²) in [5, 5.41) is 0. The number of carbonyl (C=O) groups is 1. The Kier molecular flexibility index (Phi) is 4.95. The molecular formula is C15H22N2O3. The summed E-state index contributed by atoms with van der Waals surface area (Å²) < 4.78 is 5.56. The Balaban J connectivity index is 1.86. The standard InChI is InChI=1S/C15H22N2O3/c1-11-9-12(18)10-14(16-11)15(19)17(2)7-3-5-13-6-4-8-20-13/h9-10,13H,3-8H2,1-2H3,(H,16,18)/t13-/m0/s1. The van der Waals surface area contributed by atoms with Crippen molar-refractivity contribution in [2.75, 3.05) is 20.2 Å². The van der Waals surface area contributed by atoms with Gasteiger partial charge in [0.15, 0.2) is 5.43 Å². The molecule has 0 saturated carbocycles. The van der Waals surface area contributed by atoms with E-state index in [-0.39, 0.29) is 11.3 Å². The van der Waals surface area contributed by atoms with Crippen molar-refractivity contribution in [1.82, 2.24) is 9.88 Å². The molecule has 1 atom stereocenters. The number of hydrogen-bond donors (Lipinski definition) is 1. The van der Waals surface area contributed by atoms with Gasteiger partial charge in [0, 0.05) is 38.0 Å². The first-order valence-corrected chi connectivity index (χ1v) is 7.14. The van der Waals surface area contributed by atoms with E-state index in [0.717, 1.165) is 32.3 Å². The predicted molar refractivity (Wildman–Crippen MR) is 77.0 cm³/mol. The molecule has 1 amide bonds. The summed E-state index contributed by atoms with van der Waals surface area (Å²) in [6, 6.07) is 2.83. The van der Waals surface area contributed by atoms with Crippen LogP contribution in [-0.4, -0.2) is 42.1 Å². The number of aromatic nitrogens is 1. The summed E-state index contributed by atoms with van der Waals surface area (Å²) in [4.78, 5) is 28.2. The van der Waals surface area contributed by atoms with Gasteiger partial charge in [0.2, 0.25) is 0 Å². The minimum absolute atomic E-state index is 0.141. The Morgan fingerprint density at radius 2 is 2.30 bits per heavy atom. The number of nitrogens with zero attached hydrogens (tertiary/aromatic N) is 1. The number of carbonyl (C=O) groups excluding carboxylic acids is 1. The van der Waals surface area contributed by atoms with Crippen LogP contribution in [0.4, 0.5) is 0 Å². The van der Waals surface area contributed by atoms with Crippen molar-refractivity contribution in [2.45, 2.75) is 38.7 Å². The normalized spacial score (nSPS) is 18.2. The molecule has 2 heterocycles. The lowest BCUT2D eigenvalue weighted by atomic mass is 10.1. The second kappa shape index (κ2) is 6.70. The number of H-pyrrole nitrogens is 1. The lowest BCUT2D eigenvalue weighted by Crippen LogP contribution is -2.30. The predicted octanol–water partition coefficient (Wildman–Crippen LogP) is 1.71. The third-order valence-corrected chi connectivity index (χ3v) is 3.60. The molecule has 1 aromatic heterocycles. The van der Waals surface area contributed by atoms with Crippen LogP contribution in [-0.2, 0) is 4.74 Å². The molecule has 0 radical (unpaired) electrons. The van der Waals surface area contributed by atoms with Gasteiger partial charge in [0.1, 0.15) is 5.69 Å². The SMILES string of the molecule is Cc1cc(=O)cc(C(=O)N(C)CCC[C@H]2CCCO2)[nH]1. The van der Waals surface area contributed by atoms with Gasteiger partial charge in [-0.15, -0.1) is 0 Å². The Morgan fingerprint density at radius 1 is 1.50 bits per heavy atom. The van der Waals surface area contributed by atoms with Gasteiger partial charge in [0.05, 0.1) is 6.10 Å². The van der Waals surface area contributed by atoms with Crippen molar-refractivity contribution < 1.29 is 9.53 Å². The van der Waals surface area contributed by atoms with Crippen molar-refractivity contribution in [3.05, 3.63) is 33.7 Å². The van der Waals surface area contributed by atoms with Gasteiger partial charge in [-0.1, -0.05) is 0 Å². The molecule has 5 heteroatoms. The fraction of sp³-hybridized carbons (Fsp3) is 0.600. The highest BCUT2D eigenvalue weighted by atomic mass is 16.5. The monoisotopic (exact) mass is 278 g/mol. The van der Waals surface area contributed by atoms with E-state index in [1.807, 2.05) is 0 Å². The minimum atomic E-state index is -0.141. The highest BCUT2D eigenvalue weighted by Gasteiger charge is 2.17.